The Balaban J connectivity index is 2.50. The van der Waals surface area contributed by atoms with Crippen molar-refractivity contribution in [2.24, 2.45) is 11.8 Å². The molecule has 0 aromatic rings. The average molecular weight is 298 g/mol. The van der Waals surface area contributed by atoms with Gasteiger partial charge in [-0.05, 0) is 39.3 Å². The van der Waals surface area contributed by atoms with Crippen molar-refractivity contribution in [1.29, 1.82) is 0 Å². The van der Waals surface area contributed by atoms with Gasteiger partial charge in [0.05, 0.1) is 0 Å². The van der Waals surface area contributed by atoms with Crippen LogP contribution in [0.3, 0.4) is 0 Å². The minimum atomic E-state index is 0.260. The molecule has 3 unspecified atom stereocenters. The zero-order valence-electron chi connectivity index (χ0n) is 15.0. The van der Waals surface area contributed by atoms with Crippen molar-refractivity contribution < 1.29 is 0 Å². The fraction of sp³-hybridized carbons (Fsp3) is 1.00. The second-order valence-electron chi connectivity index (χ2n) is 7.48. The molecule has 0 heterocycles. The number of hydrogen-bond acceptors (Lipinski definition) is 3. The first-order valence-electron chi connectivity index (χ1n) is 9.20. The van der Waals surface area contributed by atoms with Gasteiger partial charge in [0.25, 0.3) is 0 Å². The van der Waals surface area contributed by atoms with Crippen molar-refractivity contribution in [2.75, 3.05) is 14.1 Å². The van der Waals surface area contributed by atoms with Gasteiger partial charge in [-0.1, -0.05) is 65.2 Å². The molecule has 3 heteroatoms. The third kappa shape index (κ3) is 5.54. The summed E-state index contributed by atoms with van der Waals surface area (Å²) in [7, 11) is 4.48. The van der Waals surface area contributed by atoms with Crippen molar-refractivity contribution in [3.05, 3.63) is 0 Å². The van der Waals surface area contributed by atoms with Gasteiger partial charge in [-0.15, -0.1) is 0 Å². The molecule has 1 saturated carbocycles. The minimum absolute atomic E-state index is 0.260. The summed E-state index contributed by atoms with van der Waals surface area (Å²) in [4.78, 5) is 2.45. The number of unbranched alkanes of at least 4 members (excludes halogenated alkanes) is 5. The van der Waals surface area contributed by atoms with E-state index in [0.717, 1.165) is 5.92 Å². The number of rotatable bonds is 10. The summed E-state index contributed by atoms with van der Waals surface area (Å²) < 4.78 is 0. The second-order valence-corrected chi connectivity index (χ2v) is 7.48. The van der Waals surface area contributed by atoms with Crippen LogP contribution in [0.15, 0.2) is 0 Å². The highest BCUT2D eigenvalue weighted by atomic mass is 15.3. The predicted molar refractivity (Wildman–Crippen MR) is 93.2 cm³/mol. The molecule has 0 radical (unpaired) electrons. The summed E-state index contributed by atoms with van der Waals surface area (Å²) in [6, 6.07) is 0.432. The molecule has 1 fully saturated rings. The van der Waals surface area contributed by atoms with Gasteiger partial charge < -0.3 is 4.90 Å². The van der Waals surface area contributed by atoms with Crippen LogP contribution in [-0.4, -0.2) is 30.6 Å². The summed E-state index contributed by atoms with van der Waals surface area (Å²) in [6.45, 7) is 4.68. The Morgan fingerprint density at radius 2 is 1.86 bits per heavy atom. The fourth-order valence-corrected chi connectivity index (χ4v) is 4.23. The van der Waals surface area contributed by atoms with Crippen LogP contribution in [-0.2, 0) is 0 Å². The monoisotopic (exact) mass is 297 g/mol. The van der Waals surface area contributed by atoms with Gasteiger partial charge in [0.1, 0.15) is 0 Å². The van der Waals surface area contributed by atoms with Gasteiger partial charge >= 0.3 is 0 Å². The number of nitrogens with two attached hydrogens (primary N) is 1. The average Bonchev–Trinajstić information content (AvgIpc) is 2.46. The number of hydrazine groups is 1. The number of nitrogens with one attached hydrogen (secondary N) is 1. The zero-order valence-corrected chi connectivity index (χ0v) is 15.0. The molecule has 1 aliphatic rings. The van der Waals surface area contributed by atoms with Crippen LogP contribution >= 0.6 is 0 Å². The molecule has 126 valence electrons. The Hall–Kier alpha value is -0.120. The van der Waals surface area contributed by atoms with E-state index in [1.54, 1.807) is 0 Å². The van der Waals surface area contributed by atoms with E-state index >= 15 is 0 Å². The molecule has 1 aliphatic carbocycles. The van der Waals surface area contributed by atoms with E-state index in [0.29, 0.717) is 6.04 Å². The highest BCUT2D eigenvalue weighted by molar-refractivity contribution is 5.01. The molecule has 0 aromatic carbocycles. The molecule has 0 spiro atoms. The summed E-state index contributed by atoms with van der Waals surface area (Å²) >= 11 is 0. The van der Waals surface area contributed by atoms with Gasteiger partial charge in [-0.3, -0.25) is 11.3 Å². The highest BCUT2D eigenvalue weighted by Gasteiger charge is 2.42. The lowest BCUT2D eigenvalue weighted by Gasteiger charge is -2.50. The van der Waals surface area contributed by atoms with Gasteiger partial charge in [0.2, 0.25) is 0 Å². The van der Waals surface area contributed by atoms with Crippen LogP contribution < -0.4 is 11.3 Å². The second kappa shape index (κ2) is 9.81. The van der Waals surface area contributed by atoms with E-state index in [1.807, 2.05) is 0 Å². The first-order chi connectivity index (χ1) is 10.1. The third-order valence-electron chi connectivity index (χ3n) is 5.60. The highest BCUT2D eigenvalue weighted by Crippen LogP contribution is 2.39. The van der Waals surface area contributed by atoms with Crippen LogP contribution in [0.4, 0.5) is 0 Å². The molecule has 0 saturated heterocycles. The topological polar surface area (TPSA) is 41.3 Å². The quantitative estimate of drug-likeness (QED) is 0.363. The van der Waals surface area contributed by atoms with E-state index in [2.05, 4.69) is 38.3 Å². The van der Waals surface area contributed by atoms with Gasteiger partial charge in [0.15, 0.2) is 0 Å². The van der Waals surface area contributed by atoms with Crippen molar-refractivity contribution in [3.63, 3.8) is 0 Å². The molecule has 21 heavy (non-hydrogen) atoms. The molecule has 3 atom stereocenters. The fourth-order valence-electron chi connectivity index (χ4n) is 4.23. The Morgan fingerprint density at radius 3 is 2.43 bits per heavy atom. The summed E-state index contributed by atoms with van der Waals surface area (Å²) in [5.74, 6) is 6.78. The van der Waals surface area contributed by atoms with E-state index in [9.17, 15) is 0 Å². The van der Waals surface area contributed by atoms with Crippen molar-refractivity contribution in [1.82, 2.24) is 10.3 Å². The summed E-state index contributed by atoms with van der Waals surface area (Å²) in [6.07, 6.45) is 14.7. The first kappa shape index (κ1) is 18.9. The minimum Gasteiger partial charge on any atom is -0.302 e. The lowest BCUT2D eigenvalue weighted by Crippen LogP contribution is -2.62. The van der Waals surface area contributed by atoms with Crippen molar-refractivity contribution >= 4 is 0 Å². The van der Waals surface area contributed by atoms with E-state index < -0.39 is 0 Å². The molecular formula is C18H39N3. The summed E-state index contributed by atoms with van der Waals surface area (Å²) in [5, 5.41) is 0. The maximum absolute atomic E-state index is 5.96. The molecule has 0 aliphatic heterocycles. The van der Waals surface area contributed by atoms with Crippen molar-refractivity contribution in [2.45, 2.75) is 96.1 Å². The Labute approximate surface area is 133 Å². The Morgan fingerprint density at radius 1 is 1.19 bits per heavy atom. The maximum Gasteiger partial charge on any atom is 0.0394 e. The van der Waals surface area contributed by atoms with E-state index in [4.69, 9.17) is 5.84 Å². The van der Waals surface area contributed by atoms with Gasteiger partial charge in [-0.25, -0.2) is 0 Å². The maximum atomic E-state index is 5.96. The van der Waals surface area contributed by atoms with Crippen LogP contribution in [0.25, 0.3) is 0 Å². The zero-order chi connectivity index (χ0) is 15.7. The van der Waals surface area contributed by atoms with Crippen LogP contribution in [0.1, 0.15) is 84.5 Å². The van der Waals surface area contributed by atoms with E-state index in [1.165, 1.54) is 70.6 Å². The predicted octanol–water partition coefficient (Wildman–Crippen LogP) is 4.08. The number of nitrogens with zero attached hydrogens (tertiary/aromatic N) is 1. The molecule has 3 N–H and O–H groups in total. The number of likely N-dealkylation sites (N-methyl/N-ethyl adjacent to an activating group) is 1. The SMILES string of the molecule is CCCCCCCCC(NN)C1(N(C)C)CCCC(C)C1. The first-order valence-corrected chi connectivity index (χ1v) is 9.20. The summed E-state index contributed by atoms with van der Waals surface area (Å²) in [5.41, 5.74) is 3.43. The molecule has 0 amide bonds. The standard InChI is InChI=1S/C18H39N3/c1-5-6-7-8-9-10-13-17(20-19)18(21(3)4)14-11-12-16(2)15-18/h16-17,20H,5-15,19H2,1-4H3. The molecule has 0 bridgehead atoms. The Kier molecular flexibility index (Phi) is 8.84. The largest absolute Gasteiger partial charge is 0.302 e. The van der Waals surface area contributed by atoms with Crippen LogP contribution in [0, 0.1) is 5.92 Å². The van der Waals surface area contributed by atoms with Crippen molar-refractivity contribution in [3.8, 4) is 0 Å². The van der Waals surface area contributed by atoms with Gasteiger partial charge in [-0.2, -0.15) is 0 Å². The molecular weight excluding hydrogens is 258 g/mol. The Bertz CT molecular complexity index is 267. The third-order valence-corrected chi connectivity index (χ3v) is 5.60. The van der Waals surface area contributed by atoms with Crippen LogP contribution in [0.2, 0.25) is 0 Å². The lowest BCUT2D eigenvalue weighted by atomic mass is 9.70. The van der Waals surface area contributed by atoms with E-state index in [-0.39, 0.29) is 5.54 Å². The lowest BCUT2D eigenvalue weighted by molar-refractivity contribution is 0.0334. The normalized spacial score (nSPS) is 28.0. The number of hydrogen-bond donors (Lipinski definition) is 2. The van der Waals surface area contributed by atoms with Crippen LogP contribution in [0.5, 0.6) is 0 Å². The molecule has 0 aromatic heterocycles. The molecule has 3 nitrogen and oxygen atoms in total. The van der Waals surface area contributed by atoms with Gasteiger partial charge in [0, 0.05) is 11.6 Å². The molecule has 1 rings (SSSR count). The smallest absolute Gasteiger partial charge is 0.0394 e.